The molecule has 0 saturated carbocycles. The molecule has 0 heterocycles. The first-order chi connectivity index (χ1) is 8.85. The highest BCUT2D eigenvalue weighted by molar-refractivity contribution is 5.75. The van der Waals surface area contributed by atoms with Gasteiger partial charge in [-0.15, -0.1) is 0 Å². The number of rotatable bonds is 2. The van der Waals surface area contributed by atoms with Gasteiger partial charge in [-0.2, -0.15) is 26.3 Å². The Hall–Kier alpha value is -1.77. The number of alkyl halides is 6. The molecule has 1 aromatic carbocycles. The van der Waals surface area contributed by atoms with Gasteiger partial charge in [-0.1, -0.05) is 6.07 Å². The van der Waals surface area contributed by atoms with Crippen molar-refractivity contribution in [1.82, 2.24) is 0 Å². The molecule has 1 aromatic rings. The Morgan fingerprint density at radius 2 is 1.50 bits per heavy atom. The van der Waals surface area contributed by atoms with Crippen molar-refractivity contribution in [3.63, 3.8) is 0 Å². The number of benzene rings is 1. The van der Waals surface area contributed by atoms with E-state index in [4.69, 9.17) is 5.11 Å². The summed E-state index contributed by atoms with van der Waals surface area (Å²) in [5.41, 5.74) is -5.10. The van der Waals surface area contributed by atoms with Crippen molar-refractivity contribution < 1.29 is 41.4 Å². The second-order valence-corrected chi connectivity index (χ2v) is 3.99. The second-order valence-electron chi connectivity index (χ2n) is 3.99. The summed E-state index contributed by atoms with van der Waals surface area (Å²) >= 11 is 0. The summed E-state index contributed by atoms with van der Waals surface area (Å²) in [6.45, 7) is 0.876. The van der Waals surface area contributed by atoms with E-state index in [0.717, 1.165) is 6.92 Å². The van der Waals surface area contributed by atoms with Crippen LogP contribution in [0.4, 0.5) is 26.3 Å². The lowest BCUT2D eigenvalue weighted by Crippen LogP contribution is -2.20. The van der Waals surface area contributed by atoms with E-state index in [1.54, 1.807) is 0 Å². The molecule has 1 unspecified atom stereocenters. The summed E-state index contributed by atoms with van der Waals surface area (Å²) in [4.78, 5) is 10.5. The minimum Gasteiger partial charge on any atom is -0.479 e. The third-order valence-electron chi connectivity index (χ3n) is 2.54. The minimum atomic E-state index is -5.22. The fourth-order valence-electron chi connectivity index (χ4n) is 1.64. The van der Waals surface area contributed by atoms with Crippen molar-refractivity contribution in [2.45, 2.75) is 25.4 Å². The molecule has 0 aromatic heterocycles. The lowest BCUT2D eigenvalue weighted by molar-refractivity contribution is -0.149. The summed E-state index contributed by atoms with van der Waals surface area (Å²) in [7, 11) is 0. The Kier molecular flexibility index (Phi) is 4.04. The summed E-state index contributed by atoms with van der Waals surface area (Å²) in [5, 5.41) is 17.7. The third-order valence-corrected chi connectivity index (χ3v) is 2.54. The highest BCUT2D eigenvalue weighted by atomic mass is 19.4. The predicted molar refractivity (Wildman–Crippen MR) is 53.8 cm³/mol. The van der Waals surface area contributed by atoms with Gasteiger partial charge in [-0.25, -0.2) is 4.79 Å². The van der Waals surface area contributed by atoms with Gasteiger partial charge in [0.25, 0.3) is 0 Å². The van der Waals surface area contributed by atoms with E-state index >= 15 is 0 Å². The van der Waals surface area contributed by atoms with Crippen molar-refractivity contribution in [3.05, 3.63) is 34.4 Å². The molecule has 0 aliphatic carbocycles. The fraction of sp³-hybridized carbons (Fsp3) is 0.364. The second kappa shape index (κ2) is 4.97. The van der Waals surface area contributed by atoms with Crippen LogP contribution in [-0.4, -0.2) is 16.2 Å². The molecular weight excluding hydrogens is 294 g/mol. The maximum absolute atomic E-state index is 12.7. The number of aryl methyl sites for hydroxylation is 1. The molecule has 0 aliphatic heterocycles. The zero-order chi connectivity index (χ0) is 15.9. The van der Waals surface area contributed by atoms with E-state index in [1.807, 2.05) is 0 Å². The van der Waals surface area contributed by atoms with Gasteiger partial charge in [0.05, 0.1) is 11.1 Å². The van der Waals surface area contributed by atoms with Gasteiger partial charge in [0.2, 0.25) is 0 Å². The van der Waals surface area contributed by atoms with Gasteiger partial charge >= 0.3 is 18.3 Å². The van der Waals surface area contributed by atoms with Crippen LogP contribution in [0, 0.1) is 6.92 Å². The molecule has 112 valence electrons. The fourth-order valence-corrected chi connectivity index (χ4v) is 1.64. The van der Waals surface area contributed by atoms with Crippen molar-refractivity contribution in [2.75, 3.05) is 0 Å². The number of carboxylic acid groups (broad SMARTS) is 1. The largest absolute Gasteiger partial charge is 0.479 e. The van der Waals surface area contributed by atoms with E-state index in [9.17, 15) is 36.2 Å². The predicted octanol–water partition coefficient (Wildman–Crippen LogP) is 3.15. The van der Waals surface area contributed by atoms with Gasteiger partial charge in [-0.05, 0) is 18.6 Å². The zero-order valence-electron chi connectivity index (χ0n) is 9.80. The van der Waals surface area contributed by atoms with Crippen LogP contribution in [0.2, 0.25) is 0 Å². The standard InChI is InChI=1S/C11H8F6O3/c1-4-2-5(8(18)9(19)20)7(11(15,16)17)3-6(4)10(12,13)14/h2-3,8,18H,1H3,(H,19,20). The van der Waals surface area contributed by atoms with Crippen LogP contribution < -0.4 is 0 Å². The molecule has 1 atom stereocenters. The number of carbonyl (C=O) groups is 1. The van der Waals surface area contributed by atoms with E-state index in [-0.39, 0.29) is 6.07 Å². The van der Waals surface area contributed by atoms with E-state index in [1.165, 1.54) is 0 Å². The van der Waals surface area contributed by atoms with Gasteiger partial charge in [0.1, 0.15) is 0 Å². The average Bonchev–Trinajstić information content (AvgIpc) is 2.23. The zero-order valence-corrected chi connectivity index (χ0v) is 9.80. The quantitative estimate of drug-likeness (QED) is 0.825. The maximum atomic E-state index is 12.7. The molecule has 0 spiro atoms. The molecule has 3 nitrogen and oxygen atoms in total. The van der Waals surface area contributed by atoms with Crippen LogP contribution in [-0.2, 0) is 17.1 Å². The van der Waals surface area contributed by atoms with Crippen LogP contribution in [0.15, 0.2) is 12.1 Å². The molecule has 9 heteroatoms. The highest BCUT2D eigenvalue weighted by Gasteiger charge is 2.41. The number of carboxylic acids is 1. The number of halogens is 6. The molecule has 1 rings (SSSR count). The van der Waals surface area contributed by atoms with Crippen molar-refractivity contribution in [3.8, 4) is 0 Å². The Balaban J connectivity index is 3.62. The molecule has 0 bridgehead atoms. The number of aliphatic hydroxyl groups excluding tert-OH is 1. The van der Waals surface area contributed by atoms with Gasteiger partial charge < -0.3 is 10.2 Å². The Morgan fingerprint density at radius 3 is 1.85 bits per heavy atom. The van der Waals surface area contributed by atoms with Crippen LogP contribution in [0.5, 0.6) is 0 Å². The van der Waals surface area contributed by atoms with Gasteiger partial charge in [0, 0.05) is 5.56 Å². The topological polar surface area (TPSA) is 57.5 Å². The minimum absolute atomic E-state index is 0.198. The smallest absolute Gasteiger partial charge is 0.416 e. The SMILES string of the molecule is Cc1cc(C(O)C(=O)O)c(C(F)(F)F)cc1C(F)(F)F. The van der Waals surface area contributed by atoms with Crippen molar-refractivity contribution in [2.24, 2.45) is 0 Å². The lowest BCUT2D eigenvalue weighted by Gasteiger charge is -2.19. The van der Waals surface area contributed by atoms with Crippen molar-refractivity contribution >= 4 is 5.97 Å². The van der Waals surface area contributed by atoms with Gasteiger partial charge in [-0.3, -0.25) is 0 Å². The molecule has 0 saturated heterocycles. The molecular formula is C11H8F6O3. The highest BCUT2D eigenvalue weighted by Crippen LogP contribution is 2.40. The van der Waals surface area contributed by atoms with Crippen LogP contribution in [0.1, 0.15) is 28.4 Å². The summed E-state index contributed by atoms with van der Waals surface area (Å²) < 4.78 is 75.8. The molecule has 0 fully saturated rings. The van der Waals surface area contributed by atoms with Crippen LogP contribution in [0.25, 0.3) is 0 Å². The Labute approximate surface area is 108 Å². The normalized spacial score (nSPS) is 14.2. The van der Waals surface area contributed by atoms with E-state index in [0.29, 0.717) is 6.07 Å². The maximum Gasteiger partial charge on any atom is 0.416 e. The van der Waals surface area contributed by atoms with Gasteiger partial charge in [0.15, 0.2) is 6.10 Å². The monoisotopic (exact) mass is 302 g/mol. The third kappa shape index (κ3) is 3.21. The summed E-state index contributed by atoms with van der Waals surface area (Å²) in [5.74, 6) is -1.99. The molecule has 0 amide bonds. The molecule has 20 heavy (non-hydrogen) atoms. The molecule has 2 N–H and O–H groups in total. The van der Waals surface area contributed by atoms with E-state index < -0.39 is 46.7 Å². The van der Waals surface area contributed by atoms with Crippen LogP contribution >= 0.6 is 0 Å². The number of hydrogen-bond donors (Lipinski definition) is 2. The number of aliphatic hydroxyl groups is 1. The Bertz CT molecular complexity index is 532. The molecule has 0 aliphatic rings. The summed E-state index contributed by atoms with van der Waals surface area (Å²) in [6.07, 6.45) is -12.8. The Morgan fingerprint density at radius 1 is 1.05 bits per heavy atom. The average molecular weight is 302 g/mol. The molecule has 0 radical (unpaired) electrons. The first-order valence-electron chi connectivity index (χ1n) is 5.05. The van der Waals surface area contributed by atoms with E-state index in [2.05, 4.69) is 0 Å². The van der Waals surface area contributed by atoms with Crippen LogP contribution in [0.3, 0.4) is 0 Å². The van der Waals surface area contributed by atoms with Crippen molar-refractivity contribution in [1.29, 1.82) is 0 Å². The first kappa shape index (κ1) is 16.3. The lowest BCUT2D eigenvalue weighted by atomic mass is 9.95. The first-order valence-corrected chi connectivity index (χ1v) is 5.05. The number of aliphatic carboxylic acids is 1. The summed E-state index contributed by atoms with van der Waals surface area (Å²) in [6, 6.07) is 0.182. The number of hydrogen-bond acceptors (Lipinski definition) is 2.